The van der Waals surface area contributed by atoms with Crippen molar-refractivity contribution in [1.29, 1.82) is 0 Å². The van der Waals surface area contributed by atoms with Gasteiger partial charge in [-0.2, -0.15) is 0 Å². The van der Waals surface area contributed by atoms with Crippen LogP contribution in [0, 0.1) is 0 Å². The molecule has 7 aromatic carbocycles. The van der Waals surface area contributed by atoms with Crippen LogP contribution in [0.15, 0.2) is 133 Å². The average molecular weight is 817 g/mol. The molecule has 310 valence electrons. The first-order valence-corrected chi connectivity index (χ1v) is 22.4. The first-order chi connectivity index (χ1) is 30.2. The summed E-state index contributed by atoms with van der Waals surface area (Å²) in [6, 6.07) is 44.7. The van der Waals surface area contributed by atoms with E-state index in [0.29, 0.717) is 22.3 Å². The molecule has 2 heterocycles. The van der Waals surface area contributed by atoms with Gasteiger partial charge in [-0.15, -0.1) is 0 Å². The SMILES string of the molecule is CCCCCC(CC)N1C(=O)c2cccc3c(-c4ccc(-c5ccc(-c6ccc(-c7ccc8c9c(cccc79)C(=O)N(C(C)CCCC)C8=O)cc6)cc5)cc4)ccc(c23)C1=O. The van der Waals surface area contributed by atoms with E-state index in [1.807, 2.05) is 67.6 Å². The Balaban J connectivity index is 0.934. The molecule has 7 aromatic rings. The van der Waals surface area contributed by atoms with Gasteiger partial charge in [0.05, 0.1) is 0 Å². The molecule has 2 unspecified atom stereocenters. The van der Waals surface area contributed by atoms with E-state index in [-0.39, 0.29) is 35.7 Å². The van der Waals surface area contributed by atoms with Gasteiger partial charge in [-0.1, -0.05) is 162 Å². The minimum Gasteiger partial charge on any atom is -0.272 e. The zero-order chi connectivity index (χ0) is 43.1. The van der Waals surface area contributed by atoms with Crippen LogP contribution in [0.3, 0.4) is 0 Å². The van der Waals surface area contributed by atoms with Crippen molar-refractivity contribution in [2.75, 3.05) is 0 Å². The van der Waals surface area contributed by atoms with Crippen LogP contribution < -0.4 is 0 Å². The third kappa shape index (κ3) is 7.01. The molecule has 2 aliphatic heterocycles. The lowest BCUT2D eigenvalue weighted by Crippen LogP contribution is -2.46. The fraction of sp³-hybridized carbons (Fsp3) is 0.250. The maximum Gasteiger partial charge on any atom is 0.261 e. The molecule has 0 spiro atoms. The molecule has 6 nitrogen and oxygen atoms in total. The second-order valence-corrected chi connectivity index (χ2v) is 17.0. The van der Waals surface area contributed by atoms with Crippen LogP contribution >= 0.6 is 0 Å². The van der Waals surface area contributed by atoms with Crippen molar-refractivity contribution in [3.05, 3.63) is 156 Å². The van der Waals surface area contributed by atoms with E-state index >= 15 is 0 Å². The van der Waals surface area contributed by atoms with Crippen molar-refractivity contribution in [2.45, 2.75) is 91.1 Å². The van der Waals surface area contributed by atoms with Gasteiger partial charge in [-0.25, -0.2) is 0 Å². The van der Waals surface area contributed by atoms with E-state index in [9.17, 15) is 19.2 Å². The number of carbonyl (C=O) groups excluding carboxylic acids is 4. The Labute approximate surface area is 364 Å². The molecule has 2 atom stereocenters. The number of unbranched alkanes of at least 4 members (excludes halogenated alkanes) is 3. The summed E-state index contributed by atoms with van der Waals surface area (Å²) in [5.74, 6) is -0.794. The Bertz CT molecular complexity index is 2830. The predicted octanol–water partition coefficient (Wildman–Crippen LogP) is 13.8. The lowest BCUT2D eigenvalue weighted by atomic mass is 9.87. The van der Waals surface area contributed by atoms with Crippen molar-refractivity contribution in [2.24, 2.45) is 0 Å². The highest BCUT2D eigenvalue weighted by atomic mass is 16.2. The third-order valence-electron chi connectivity index (χ3n) is 13.2. The third-order valence-corrected chi connectivity index (χ3v) is 13.2. The number of benzene rings is 7. The second-order valence-electron chi connectivity index (χ2n) is 17.0. The highest BCUT2D eigenvalue weighted by Gasteiger charge is 2.38. The molecule has 62 heavy (non-hydrogen) atoms. The van der Waals surface area contributed by atoms with E-state index in [2.05, 4.69) is 93.6 Å². The van der Waals surface area contributed by atoms with Crippen LogP contribution in [0.25, 0.3) is 66.1 Å². The van der Waals surface area contributed by atoms with Crippen LogP contribution in [0.4, 0.5) is 0 Å². The molecule has 0 aliphatic carbocycles. The van der Waals surface area contributed by atoms with E-state index in [1.165, 1.54) is 9.80 Å². The van der Waals surface area contributed by atoms with Gasteiger partial charge in [0.25, 0.3) is 23.6 Å². The quantitative estimate of drug-likeness (QED) is 0.0809. The Morgan fingerprint density at radius 1 is 0.387 bits per heavy atom. The smallest absolute Gasteiger partial charge is 0.261 e. The lowest BCUT2D eigenvalue weighted by molar-refractivity contribution is 0.0515. The minimum atomic E-state index is -0.210. The predicted molar refractivity (Wildman–Crippen MR) is 251 cm³/mol. The van der Waals surface area contributed by atoms with Crippen LogP contribution in [0.2, 0.25) is 0 Å². The number of rotatable bonds is 14. The van der Waals surface area contributed by atoms with E-state index in [4.69, 9.17) is 0 Å². The normalized spacial score (nSPS) is 14.6. The van der Waals surface area contributed by atoms with Gasteiger partial charge < -0.3 is 0 Å². The van der Waals surface area contributed by atoms with E-state index in [1.54, 1.807) is 0 Å². The zero-order valence-electron chi connectivity index (χ0n) is 36.0. The summed E-state index contributed by atoms with van der Waals surface area (Å²) in [5.41, 5.74) is 10.8. The first kappa shape index (κ1) is 40.7. The molecule has 0 saturated carbocycles. The summed E-state index contributed by atoms with van der Waals surface area (Å²) in [4.78, 5) is 58.2. The van der Waals surface area contributed by atoms with Gasteiger partial charge in [0.15, 0.2) is 0 Å². The van der Waals surface area contributed by atoms with Crippen LogP contribution in [0.1, 0.15) is 120 Å². The maximum atomic E-state index is 13.9. The molecule has 0 N–H and O–H groups in total. The summed E-state index contributed by atoms with van der Waals surface area (Å²) < 4.78 is 0. The molecule has 0 fully saturated rings. The van der Waals surface area contributed by atoms with Crippen molar-refractivity contribution in [3.63, 3.8) is 0 Å². The molecule has 2 aliphatic rings. The van der Waals surface area contributed by atoms with Crippen LogP contribution in [-0.2, 0) is 0 Å². The Morgan fingerprint density at radius 3 is 1.16 bits per heavy atom. The van der Waals surface area contributed by atoms with Gasteiger partial charge in [-0.3, -0.25) is 29.0 Å². The van der Waals surface area contributed by atoms with Crippen molar-refractivity contribution >= 4 is 45.2 Å². The topological polar surface area (TPSA) is 74.8 Å². The lowest BCUT2D eigenvalue weighted by Gasteiger charge is -2.34. The van der Waals surface area contributed by atoms with Crippen LogP contribution in [-0.4, -0.2) is 45.5 Å². The molecule has 0 saturated heterocycles. The molecule has 0 bridgehead atoms. The van der Waals surface area contributed by atoms with Gasteiger partial charge in [-0.05, 0) is 106 Å². The summed E-state index contributed by atoms with van der Waals surface area (Å²) in [6.07, 6.45) is 7.54. The van der Waals surface area contributed by atoms with Gasteiger partial charge in [0, 0.05) is 45.1 Å². The fourth-order valence-corrected chi connectivity index (χ4v) is 9.78. The van der Waals surface area contributed by atoms with Crippen molar-refractivity contribution < 1.29 is 19.2 Å². The number of nitrogens with zero attached hydrogens (tertiary/aromatic N) is 2. The molecule has 0 radical (unpaired) electrons. The average Bonchev–Trinajstić information content (AvgIpc) is 3.31. The molecular formula is C56H52N2O4. The van der Waals surface area contributed by atoms with E-state index < -0.39 is 0 Å². The fourth-order valence-electron chi connectivity index (χ4n) is 9.78. The summed E-state index contributed by atoms with van der Waals surface area (Å²) in [6.45, 7) is 8.31. The Kier molecular flexibility index (Phi) is 11.2. The largest absolute Gasteiger partial charge is 0.272 e. The Morgan fingerprint density at radius 2 is 0.758 bits per heavy atom. The highest BCUT2D eigenvalue weighted by molar-refractivity contribution is 6.28. The molecule has 4 amide bonds. The number of imide groups is 2. The van der Waals surface area contributed by atoms with Gasteiger partial charge in [0.2, 0.25) is 0 Å². The van der Waals surface area contributed by atoms with Gasteiger partial charge in [0.1, 0.15) is 0 Å². The number of hydrogen-bond acceptors (Lipinski definition) is 4. The summed E-state index contributed by atoms with van der Waals surface area (Å²) in [7, 11) is 0. The summed E-state index contributed by atoms with van der Waals surface area (Å²) in [5, 5.41) is 3.31. The van der Waals surface area contributed by atoms with Gasteiger partial charge >= 0.3 is 0 Å². The summed E-state index contributed by atoms with van der Waals surface area (Å²) >= 11 is 0. The monoisotopic (exact) mass is 816 g/mol. The zero-order valence-corrected chi connectivity index (χ0v) is 36.0. The van der Waals surface area contributed by atoms with E-state index in [0.717, 1.165) is 117 Å². The first-order valence-electron chi connectivity index (χ1n) is 22.4. The minimum absolute atomic E-state index is 0.102. The highest BCUT2D eigenvalue weighted by Crippen LogP contribution is 2.40. The molecule has 9 rings (SSSR count). The number of hydrogen-bond donors (Lipinski definition) is 0. The van der Waals surface area contributed by atoms with Crippen molar-refractivity contribution in [1.82, 2.24) is 9.80 Å². The number of carbonyl (C=O) groups is 4. The maximum absolute atomic E-state index is 13.9. The van der Waals surface area contributed by atoms with Crippen molar-refractivity contribution in [3.8, 4) is 44.5 Å². The number of amides is 4. The molecule has 6 heteroatoms. The Hall–Kier alpha value is -6.66. The molecular weight excluding hydrogens is 765 g/mol. The van der Waals surface area contributed by atoms with Crippen LogP contribution in [0.5, 0.6) is 0 Å². The second kappa shape index (κ2) is 17.0. The standard InChI is InChI=1S/C56H52N2O4/c1-5-8-10-14-42(7-3)58-55(61)48-18-12-16-46-44(32-34-50(52(46)48)56(58)62)41-29-25-39(26-30-41)37-21-19-36(20-22-37)38-23-27-40(28-24-38)43-31-33-49-51-45(43)15-11-17-47(51)53(59)57(54(49)60)35(4)13-9-6-2/h11-12,15-35,42H,5-10,13-14H2,1-4H3. The molecule has 0 aromatic heterocycles.